The number of likely N-dealkylation sites (N-methyl/N-ethyl adjacent to an activating group) is 1. The molecular weight excluding hydrogens is 250 g/mol. The van der Waals surface area contributed by atoms with Crippen molar-refractivity contribution < 1.29 is 4.79 Å². The number of aromatic nitrogens is 2. The van der Waals surface area contributed by atoms with Crippen LogP contribution in [0.2, 0.25) is 5.02 Å². The summed E-state index contributed by atoms with van der Waals surface area (Å²) in [5.74, 6) is 0.139. The van der Waals surface area contributed by atoms with Crippen LogP contribution in [-0.4, -0.2) is 40.1 Å². The molecule has 0 radical (unpaired) electrons. The van der Waals surface area contributed by atoms with E-state index < -0.39 is 5.54 Å². The molecule has 0 amide bonds. The molecule has 0 aliphatic carbocycles. The number of Topliss-reactive ketones (excluding diaryl/α,β-unsaturated/α-hetero) is 1. The summed E-state index contributed by atoms with van der Waals surface area (Å²) in [5.41, 5.74) is 1.15. The lowest BCUT2D eigenvalue weighted by Crippen LogP contribution is -2.46. The molecule has 102 valence electrons. The van der Waals surface area contributed by atoms with Crippen LogP contribution in [0.15, 0.2) is 0 Å². The Labute approximate surface area is 114 Å². The van der Waals surface area contributed by atoms with Gasteiger partial charge in [-0.1, -0.05) is 18.5 Å². The molecule has 0 N–H and O–H groups in total. The van der Waals surface area contributed by atoms with Crippen molar-refractivity contribution in [3.63, 3.8) is 0 Å². The summed E-state index contributed by atoms with van der Waals surface area (Å²) in [5, 5.41) is 4.96. The molecule has 1 rings (SSSR count). The Hall–Kier alpha value is -0.870. The van der Waals surface area contributed by atoms with Gasteiger partial charge in [-0.15, -0.1) is 0 Å². The number of hydrogen-bond donors (Lipinski definition) is 0. The van der Waals surface area contributed by atoms with Crippen LogP contribution in [0.25, 0.3) is 0 Å². The first-order valence-electron chi connectivity index (χ1n) is 6.12. The number of hydrogen-bond acceptors (Lipinski definition) is 3. The van der Waals surface area contributed by atoms with Crippen molar-refractivity contribution in [3.8, 4) is 0 Å². The fourth-order valence-corrected chi connectivity index (χ4v) is 1.99. The molecule has 0 unspecified atom stereocenters. The van der Waals surface area contributed by atoms with Gasteiger partial charge in [0.25, 0.3) is 0 Å². The van der Waals surface area contributed by atoms with E-state index in [-0.39, 0.29) is 5.78 Å². The topological polar surface area (TPSA) is 38.1 Å². The van der Waals surface area contributed by atoms with E-state index in [1.807, 2.05) is 46.8 Å². The molecule has 1 aromatic heterocycles. The zero-order valence-corrected chi connectivity index (χ0v) is 12.8. The monoisotopic (exact) mass is 271 g/mol. The first-order valence-corrected chi connectivity index (χ1v) is 6.50. The van der Waals surface area contributed by atoms with E-state index in [9.17, 15) is 4.79 Å². The van der Waals surface area contributed by atoms with Crippen LogP contribution in [0, 0.1) is 0 Å². The first-order chi connectivity index (χ1) is 8.21. The van der Waals surface area contributed by atoms with Crippen molar-refractivity contribution in [1.82, 2.24) is 14.7 Å². The zero-order chi connectivity index (χ0) is 14.1. The highest BCUT2D eigenvalue weighted by Crippen LogP contribution is 2.23. The van der Waals surface area contributed by atoms with Gasteiger partial charge in [0.05, 0.1) is 28.4 Å². The normalized spacial score (nSPS) is 12.2. The highest BCUT2D eigenvalue weighted by Gasteiger charge is 2.31. The zero-order valence-electron chi connectivity index (χ0n) is 12.0. The molecule has 0 bridgehead atoms. The van der Waals surface area contributed by atoms with Gasteiger partial charge in [-0.3, -0.25) is 14.4 Å². The molecule has 0 spiro atoms. The maximum absolute atomic E-state index is 12.3. The Morgan fingerprint density at radius 3 is 2.39 bits per heavy atom. The minimum atomic E-state index is -0.500. The number of nitrogens with zero attached hydrogens (tertiary/aromatic N) is 3. The second-order valence-corrected chi connectivity index (χ2v) is 5.62. The van der Waals surface area contributed by atoms with E-state index in [2.05, 4.69) is 5.10 Å². The Balaban J connectivity index is 2.99. The van der Waals surface area contributed by atoms with Gasteiger partial charge in [-0.05, 0) is 34.4 Å². The van der Waals surface area contributed by atoms with Crippen LogP contribution in [0.5, 0.6) is 0 Å². The lowest BCUT2D eigenvalue weighted by Gasteiger charge is -2.30. The average molecular weight is 272 g/mol. The second kappa shape index (κ2) is 5.41. The minimum Gasteiger partial charge on any atom is -0.298 e. The quantitative estimate of drug-likeness (QED) is 0.823. The van der Waals surface area contributed by atoms with Crippen molar-refractivity contribution >= 4 is 17.4 Å². The van der Waals surface area contributed by atoms with Gasteiger partial charge in [0.15, 0.2) is 5.78 Å². The molecule has 0 saturated heterocycles. The Morgan fingerprint density at radius 2 is 2.00 bits per heavy atom. The molecule has 0 saturated carbocycles. The van der Waals surface area contributed by atoms with Crippen LogP contribution >= 0.6 is 11.6 Å². The predicted octanol–water partition coefficient (Wildman–Crippen LogP) is 2.09. The van der Waals surface area contributed by atoms with E-state index in [0.29, 0.717) is 11.4 Å². The summed E-state index contributed by atoms with van der Waals surface area (Å²) in [7, 11) is 5.64. The maximum atomic E-state index is 12.3. The number of carbonyl (C=O) groups is 1. The Morgan fingerprint density at radius 1 is 1.44 bits per heavy atom. The van der Waals surface area contributed by atoms with Gasteiger partial charge < -0.3 is 0 Å². The predicted molar refractivity (Wildman–Crippen MR) is 74.1 cm³/mol. The minimum absolute atomic E-state index is 0.139. The third-order valence-electron chi connectivity index (χ3n) is 3.63. The lowest BCUT2D eigenvalue weighted by atomic mass is 9.94. The molecule has 0 aliphatic rings. The summed E-state index contributed by atoms with van der Waals surface area (Å²) < 4.78 is 1.71. The molecule has 18 heavy (non-hydrogen) atoms. The van der Waals surface area contributed by atoms with Gasteiger partial charge in [0.2, 0.25) is 0 Å². The lowest BCUT2D eigenvalue weighted by molar-refractivity contribution is -0.127. The van der Waals surface area contributed by atoms with Crippen molar-refractivity contribution in [1.29, 1.82) is 0 Å². The number of rotatable bonds is 5. The van der Waals surface area contributed by atoms with Crippen molar-refractivity contribution in [2.24, 2.45) is 7.05 Å². The molecule has 0 aliphatic heterocycles. The number of aryl methyl sites for hydroxylation is 2. The van der Waals surface area contributed by atoms with E-state index in [1.165, 1.54) is 0 Å². The summed E-state index contributed by atoms with van der Waals surface area (Å²) in [4.78, 5) is 14.3. The van der Waals surface area contributed by atoms with Crippen molar-refractivity contribution in [3.05, 3.63) is 16.4 Å². The van der Waals surface area contributed by atoms with E-state index in [0.717, 1.165) is 17.8 Å². The fraction of sp³-hybridized carbons (Fsp3) is 0.692. The Bertz CT molecular complexity index is 449. The van der Waals surface area contributed by atoms with E-state index >= 15 is 0 Å². The molecule has 4 nitrogen and oxygen atoms in total. The van der Waals surface area contributed by atoms with Gasteiger partial charge in [0, 0.05) is 7.05 Å². The van der Waals surface area contributed by atoms with Crippen LogP contribution in [0.1, 0.15) is 32.2 Å². The van der Waals surface area contributed by atoms with Crippen LogP contribution in [0.3, 0.4) is 0 Å². The fourth-order valence-electron chi connectivity index (χ4n) is 1.63. The highest BCUT2D eigenvalue weighted by atomic mass is 35.5. The van der Waals surface area contributed by atoms with Gasteiger partial charge >= 0.3 is 0 Å². The van der Waals surface area contributed by atoms with Crippen molar-refractivity contribution in [2.45, 2.75) is 39.2 Å². The van der Waals surface area contributed by atoms with Crippen LogP contribution < -0.4 is 0 Å². The maximum Gasteiger partial charge on any atom is 0.158 e. The number of ketones is 1. The van der Waals surface area contributed by atoms with Crippen LogP contribution in [0.4, 0.5) is 0 Å². The van der Waals surface area contributed by atoms with Crippen LogP contribution in [-0.2, 0) is 24.7 Å². The molecule has 5 heteroatoms. The summed E-state index contributed by atoms with van der Waals surface area (Å²) in [6, 6.07) is 0. The van der Waals surface area contributed by atoms with E-state index in [4.69, 9.17) is 11.6 Å². The van der Waals surface area contributed by atoms with E-state index in [1.54, 1.807) is 4.68 Å². The highest BCUT2D eigenvalue weighted by molar-refractivity contribution is 6.32. The second-order valence-electron chi connectivity index (χ2n) is 5.24. The summed E-state index contributed by atoms with van der Waals surface area (Å²) in [6.07, 6.45) is 1.09. The average Bonchev–Trinajstić information content (AvgIpc) is 2.55. The van der Waals surface area contributed by atoms with Gasteiger partial charge in [-0.25, -0.2) is 0 Å². The smallest absolute Gasteiger partial charge is 0.158 e. The largest absolute Gasteiger partial charge is 0.298 e. The first kappa shape index (κ1) is 15.2. The number of halogens is 1. The summed E-state index contributed by atoms with van der Waals surface area (Å²) in [6.45, 7) is 5.84. The number of carbonyl (C=O) groups excluding carboxylic acids is 1. The summed E-state index contributed by atoms with van der Waals surface area (Å²) >= 11 is 6.25. The molecule has 0 atom stereocenters. The van der Waals surface area contributed by atoms with Gasteiger partial charge in [-0.2, -0.15) is 5.10 Å². The molecule has 1 aromatic rings. The third kappa shape index (κ3) is 2.75. The van der Waals surface area contributed by atoms with Gasteiger partial charge in [0.1, 0.15) is 0 Å². The molecule has 1 heterocycles. The molecular formula is C13H22ClN3O. The third-order valence-corrected chi connectivity index (χ3v) is 4.07. The molecule has 0 fully saturated rings. The SMILES string of the molecule is CCc1nn(C)c(CC(=O)C(C)(C)N(C)C)c1Cl. The standard InChI is InChI=1S/C13H22ClN3O/c1-7-9-12(14)10(17(6)15-9)8-11(18)13(2,3)16(4)5/h7-8H2,1-6H3. The Kier molecular flexibility index (Phi) is 4.56. The molecule has 0 aromatic carbocycles. The van der Waals surface area contributed by atoms with Crippen molar-refractivity contribution in [2.75, 3.05) is 14.1 Å².